The molecule has 2 aromatic carbocycles. The summed E-state index contributed by atoms with van der Waals surface area (Å²) < 4.78 is 11.0. The van der Waals surface area contributed by atoms with Gasteiger partial charge in [-0.15, -0.1) is 0 Å². The van der Waals surface area contributed by atoms with E-state index in [4.69, 9.17) is 9.26 Å². The van der Waals surface area contributed by atoms with Crippen molar-refractivity contribution in [2.45, 2.75) is 26.9 Å². The van der Waals surface area contributed by atoms with Gasteiger partial charge in [-0.3, -0.25) is 4.79 Å². The Balaban J connectivity index is 1.26. The van der Waals surface area contributed by atoms with Crippen LogP contribution in [0.15, 0.2) is 53.1 Å². The molecule has 0 unspecified atom stereocenters. The van der Waals surface area contributed by atoms with Gasteiger partial charge < -0.3 is 24.2 Å². The van der Waals surface area contributed by atoms with Crippen molar-refractivity contribution in [3.63, 3.8) is 0 Å². The Bertz CT molecular complexity index is 1000. The van der Waals surface area contributed by atoms with Crippen LogP contribution in [0, 0.1) is 13.8 Å². The number of carbonyl (C=O) groups is 1. The van der Waals surface area contributed by atoms with Gasteiger partial charge in [0, 0.05) is 31.9 Å². The molecular weight excluding hydrogens is 394 g/mol. The number of rotatable bonds is 6. The number of anilines is 1. The Morgan fingerprint density at radius 3 is 2.32 bits per heavy atom. The summed E-state index contributed by atoms with van der Waals surface area (Å²) >= 11 is 0. The molecule has 162 valence electrons. The van der Waals surface area contributed by atoms with Gasteiger partial charge in [0.1, 0.15) is 23.9 Å². The molecule has 0 saturated carbocycles. The molecule has 0 spiro atoms. The number of ether oxygens (including phenoxy) is 1. The maximum Gasteiger partial charge on any atom is 0.227 e. The zero-order valence-electron chi connectivity index (χ0n) is 17.9. The third-order valence-electron chi connectivity index (χ3n) is 5.69. The van der Waals surface area contributed by atoms with E-state index in [2.05, 4.69) is 10.1 Å². The smallest absolute Gasteiger partial charge is 0.227 e. The van der Waals surface area contributed by atoms with Crippen molar-refractivity contribution in [1.29, 1.82) is 0 Å². The first-order valence-electron chi connectivity index (χ1n) is 10.4. The molecule has 2 heterocycles. The highest BCUT2D eigenvalue weighted by molar-refractivity contribution is 5.79. The molecule has 0 atom stereocenters. The van der Waals surface area contributed by atoms with Crippen molar-refractivity contribution < 1.29 is 19.2 Å². The number of phenolic OH excluding ortho intramolecular Hbond substituents is 1. The largest absolute Gasteiger partial charge is 0.508 e. The van der Waals surface area contributed by atoms with Gasteiger partial charge in [0.15, 0.2) is 0 Å². The number of phenols is 1. The first-order chi connectivity index (χ1) is 15.0. The fraction of sp³-hybridized carbons (Fsp3) is 0.333. The van der Waals surface area contributed by atoms with E-state index < -0.39 is 0 Å². The molecule has 4 rings (SSSR count). The van der Waals surface area contributed by atoms with Crippen LogP contribution in [-0.4, -0.2) is 47.2 Å². The van der Waals surface area contributed by atoms with Crippen molar-refractivity contribution in [1.82, 2.24) is 10.1 Å². The summed E-state index contributed by atoms with van der Waals surface area (Å²) in [7, 11) is 0. The number of aromatic nitrogens is 1. The monoisotopic (exact) mass is 421 g/mol. The second-order valence-electron chi connectivity index (χ2n) is 7.80. The highest BCUT2D eigenvalue weighted by Gasteiger charge is 2.21. The van der Waals surface area contributed by atoms with E-state index in [0.717, 1.165) is 47.1 Å². The highest BCUT2D eigenvalue weighted by Crippen LogP contribution is 2.21. The van der Waals surface area contributed by atoms with Crippen LogP contribution in [0.1, 0.15) is 22.6 Å². The molecule has 0 bridgehead atoms. The van der Waals surface area contributed by atoms with Gasteiger partial charge in [0.2, 0.25) is 5.91 Å². The van der Waals surface area contributed by atoms with Crippen molar-refractivity contribution in [3.8, 4) is 11.5 Å². The summed E-state index contributed by atoms with van der Waals surface area (Å²) in [5.41, 5.74) is 3.84. The molecule has 3 aromatic rings. The Labute approximate surface area is 181 Å². The Kier molecular flexibility index (Phi) is 6.11. The van der Waals surface area contributed by atoms with E-state index in [1.165, 1.54) is 0 Å². The molecule has 1 aliphatic rings. The van der Waals surface area contributed by atoms with Gasteiger partial charge in [-0.05, 0) is 55.8 Å². The normalized spacial score (nSPS) is 14.0. The number of amides is 1. The SMILES string of the molecule is Cc1noc(C)c1COc1ccc(CC(=O)N2CCN(c3ccc(O)cc3)CC2)cc1. The predicted molar refractivity (Wildman–Crippen MR) is 117 cm³/mol. The number of hydrogen-bond donors (Lipinski definition) is 1. The van der Waals surface area contributed by atoms with Crippen LogP contribution in [-0.2, 0) is 17.8 Å². The maximum atomic E-state index is 12.7. The lowest BCUT2D eigenvalue weighted by molar-refractivity contribution is -0.130. The predicted octanol–water partition coefficient (Wildman–Crippen LogP) is 3.47. The molecule has 0 aliphatic carbocycles. The van der Waals surface area contributed by atoms with Gasteiger partial charge in [-0.25, -0.2) is 0 Å². The molecule has 0 radical (unpaired) electrons. The summed E-state index contributed by atoms with van der Waals surface area (Å²) in [6.45, 7) is 7.13. The third kappa shape index (κ3) is 4.99. The Hall–Kier alpha value is -3.48. The molecule has 31 heavy (non-hydrogen) atoms. The van der Waals surface area contributed by atoms with E-state index in [-0.39, 0.29) is 11.7 Å². The van der Waals surface area contributed by atoms with Crippen LogP contribution in [0.5, 0.6) is 11.5 Å². The van der Waals surface area contributed by atoms with Crippen LogP contribution < -0.4 is 9.64 Å². The van der Waals surface area contributed by atoms with Gasteiger partial charge in [0.05, 0.1) is 17.7 Å². The fourth-order valence-corrected chi connectivity index (χ4v) is 3.73. The first-order valence-corrected chi connectivity index (χ1v) is 10.4. The quantitative estimate of drug-likeness (QED) is 0.657. The van der Waals surface area contributed by atoms with Crippen molar-refractivity contribution in [2.75, 3.05) is 31.1 Å². The summed E-state index contributed by atoms with van der Waals surface area (Å²) in [4.78, 5) is 16.9. The Morgan fingerprint density at radius 2 is 1.71 bits per heavy atom. The standard InChI is InChI=1S/C24H27N3O4/c1-17-23(18(2)31-25-17)16-30-22-9-3-19(4-10-22)15-24(29)27-13-11-26(12-14-27)20-5-7-21(28)8-6-20/h3-10,28H,11-16H2,1-2H3. The molecule has 1 aliphatic heterocycles. The number of carbonyl (C=O) groups excluding carboxylic acids is 1. The number of aromatic hydroxyl groups is 1. The summed E-state index contributed by atoms with van der Waals surface area (Å²) in [5, 5.41) is 13.4. The zero-order valence-corrected chi connectivity index (χ0v) is 17.9. The van der Waals surface area contributed by atoms with Crippen LogP contribution >= 0.6 is 0 Å². The zero-order chi connectivity index (χ0) is 21.8. The minimum atomic E-state index is 0.134. The number of aryl methyl sites for hydroxylation is 2. The number of nitrogens with zero attached hydrogens (tertiary/aromatic N) is 3. The van der Waals surface area contributed by atoms with Gasteiger partial charge >= 0.3 is 0 Å². The van der Waals surface area contributed by atoms with Crippen molar-refractivity contribution >= 4 is 11.6 Å². The minimum absolute atomic E-state index is 0.134. The topological polar surface area (TPSA) is 79.0 Å². The van der Waals surface area contributed by atoms with Crippen LogP contribution in [0.2, 0.25) is 0 Å². The molecule has 1 saturated heterocycles. The first kappa shape index (κ1) is 20.8. The van der Waals surface area contributed by atoms with Crippen molar-refractivity contribution in [3.05, 3.63) is 71.1 Å². The number of benzene rings is 2. The van der Waals surface area contributed by atoms with Crippen LogP contribution in [0.4, 0.5) is 5.69 Å². The molecule has 1 N–H and O–H groups in total. The second kappa shape index (κ2) is 9.12. The summed E-state index contributed by atoms with van der Waals surface area (Å²) in [6.07, 6.45) is 0.378. The lowest BCUT2D eigenvalue weighted by atomic mass is 10.1. The minimum Gasteiger partial charge on any atom is -0.508 e. The average Bonchev–Trinajstić information content (AvgIpc) is 3.11. The molecule has 7 heteroatoms. The molecule has 1 fully saturated rings. The fourth-order valence-electron chi connectivity index (χ4n) is 3.73. The molecular formula is C24H27N3O4. The van der Waals surface area contributed by atoms with Gasteiger partial charge in [0.25, 0.3) is 0 Å². The van der Waals surface area contributed by atoms with Crippen LogP contribution in [0.25, 0.3) is 0 Å². The summed E-state index contributed by atoms with van der Waals surface area (Å²) in [5.74, 6) is 1.91. The average molecular weight is 421 g/mol. The second-order valence-corrected chi connectivity index (χ2v) is 7.80. The Morgan fingerprint density at radius 1 is 1.03 bits per heavy atom. The lowest BCUT2D eigenvalue weighted by Crippen LogP contribution is -2.49. The van der Waals surface area contributed by atoms with E-state index >= 15 is 0 Å². The van der Waals surface area contributed by atoms with E-state index in [1.54, 1.807) is 12.1 Å². The lowest BCUT2D eigenvalue weighted by Gasteiger charge is -2.36. The molecule has 7 nitrogen and oxygen atoms in total. The molecule has 1 aromatic heterocycles. The van der Waals surface area contributed by atoms with E-state index in [0.29, 0.717) is 26.1 Å². The maximum absolute atomic E-state index is 12.7. The summed E-state index contributed by atoms with van der Waals surface area (Å²) in [6, 6.07) is 14.8. The van der Waals surface area contributed by atoms with Crippen LogP contribution in [0.3, 0.4) is 0 Å². The van der Waals surface area contributed by atoms with Gasteiger partial charge in [-0.1, -0.05) is 17.3 Å². The van der Waals surface area contributed by atoms with Gasteiger partial charge in [-0.2, -0.15) is 0 Å². The number of hydrogen-bond acceptors (Lipinski definition) is 6. The van der Waals surface area contributed by atoms with E-state index in [1.807, 2.05) is 55.1 Å². The third-order valence-corrected chi connectivity index (χ3v) is 5.69. The van der Waals surface area contributed by atoms with E-state index in [9.17, 15) is 9.90 Å². The number of piperazine rings is 1. The molecule has 1 amide bonds. The van der Waals surface area contributed by atoms with Crippen molar-refractivity contribution in [2.24, 2.45) is 0 Å². The highest BCUT2D eigenvalue weighted by atomic mass is 16.5.